The molecular formula is C10H10ClFIN5O2. The number of nitrogen functional groups attached to an aromatic ring is 1. The van der Waals surface area contributed by atoms with E-state index in [4.69, 9.17) is 22.1 Å². The molecule has 1 saturated heterocycles. The Morgan fingerprint density at radius 1 is 1.55 bits per heavy atom. The van der Waals surface area contributed by atoms with Crippen molar-refractivity contribution in [1.29, 1.82) is 0 Å². The van der Waals surface area contributed by atoms with E-state index in [2.05, 4.69) is 15.0 Å². The van der Waals surface area contributed by atoms with Gasteiger partial charge < -0.3 is 15.6 Å². The smallest absolute Gasteiger partial charge is 0.226 e. The summed E-state index contributed by atoms with van der Waals surface area (Å²) in [5.41, 5.74) is 6.28. The van der Waals surface area contributed by atoms with Crippen LogP contribution in [-0.2, 0) is 4.74 Å². The van der Waals surface area contributed by atoms with E-state index in [0.717, 1.165) is 0 Å². The van der Waals surface area contributed by atoms with Crippen LogP contribution in [0.2, 0.25) is 5.28 Å². The van der Waals surface area contributed by atoms with E-state index in [-0.39, 0.29) is 16.7 Å². The molecule has 0 amide bonds. The molecule has 2 aromatic heterocycles. The molecule has 1 aliphatic rings. The lowest BCUT2D eigenvalue weighted by molar-refractivity contribution is -0.0104. The number of halogens is 3. The van der Waals surface area contributed by atoms with Crippen LogP contribution in [0.1, 0.15) is 6.23 Å². The molecule has 20 heavy (non-hydrogen) atoms. The molecule has 1 fully saturated rings. The number of imidazole rings is 1. The van der Waals surface area contributed by atoms with Crippen LogP contribution < -0.4 is 5.73 Å². The molecule has 10 heteroatoms. The van der Waals surface area contributed by atoms with Gasteiger partial charge >= 0.3 is 0 Å². The van der Waals surface area contributed by atoms with Gasteiger partial charge in [-0.1, -0.05) is 22.6 Å². The number of aliphatic hydroxyl groups is 1. The molecule has 108 valence electrons. The largest absolute Gasteiger partial charge is 0.387 e. The molecule has 1 aliphatic heterocycles. The van der Waals surface area contributed by atoms with Crippen LogP contribution in [-0.4, -0.2) is 47.4 Å². The van der Waals surface area contributed by atoms with Crippen molar-refractivity contribution in [2.45, 2.75) is 24.6 Å². The first-order chi connectivity index (χ1) is 9.52. The summed E-state index contributed by atoms with van der Waals surface area (Å²) in [6, 6.07) is 0. The number of fused-ring (bicyclic) bond motifs is 1. The fraction of sp³-hybridized carbons (Fsp3) is 0.500. The van der Waals surface area contributed by atoms with Crippen LogP contribution in [0.5, 0.6) is 0 Å². The number of aliphatic hydroxyl groups excluding tert-OH is 1. The zero-order valence-electron chi connectivity index (χ0n) is 9.95. The van der Waals surface area contributed by atoms with Gasteiger partial charge in [0.2, 0.25) is 5.28 Å². The van der Waals surface area contributed by atoms with Crippen LogP contribution >= 0.6 is 34.2 Å². The van der Waals surface area contributed by atoms with Gasteiger partial charge in [0.25, 0.3) is 0 Å². The van der Waals surface area contributed by atoms with E-state index >= 15 is 0 Å². The standard InChI is InChI=1S/C10H10ClFIN5O2/c11-10-16-7(14)5-8(17-10)18(2-15-5)9-4(12)6(19)3(1-13)20-9/h2-4,6,9,19H,1H2,(H2,14,16,17)/t3-,4?,6?,9-/m1/s1. The maximum absolute atomic E-state index is 14.2. The number of ether oxygens (including phenoxy) is 1. The highest BCUT2D eigenvalue weighted by molar-refractivity contribution is 14.1. The number of hydrogen-bond donors (Lipinski definition) is 2. The number of nitrogens with two attached hydrogens (primary N) is 1. The fourth-order valence-electron chi connectivity index (χ4n) is 2.15. The molecule has 3 heterocycles. The Kier molecular flexibility index (Phi) is 3.69. The zero-order chi connectivity index (χ0) is 14.4. The molecule has 0 aliphatic carbocycles. The van der Waals surface area contributed by atoms with Gasteiger partial charge in [0.05, 0.1) is 12.4 Å². The highest BCUT2D eigenvalue weighted by Crippen LogP contribution is 2.34. The first-order valence-corrected chi connectivity index (χ1v) is 7.62. The number of anilines is 1. The molecule has 0 spiro atoms. The third-order valence-electron chi connectivity index (χ3n) is 3.14. The maximum atomic E-state index is 14.2. The number of aromatic nitrogens is 4. The first-order valence-electron chi connectivity index (χ1n) is 5.72. The lowest BCUT2D eigenvalue weighted by Crippen LogP contribution is -2.29. The Bertz CT molecular complexity index is 656. The van der Waals surface area contributed by atoms with E-state index in [0.29, 0.717) is 9.94 Å². The topological polar surface area (TPSA) is 99.1 Å². The number of rotatable bonds is 2. The van der Waals surface area contributed by atoms with E-state index in [1.165, 1.54) is 10.9 Å². The van der Waals surface area contributed by atoms with Crippen LogP contribution in [0.3, 0.4) is 0 Å². The van der Waals surface area contributed by atoms with E-state index in [9.17, 15) is 9.50 Å². The summed E-state index contributed by atoms with van der Waals surface area (Å²) < 4.78 is 21.5. The molecule has 0 aromatic carbocycles. The van der Waals surface area contributed by atoms with Crippen molar-refractivity contribution in [3.8, 4) is 0 Å². The third-order valence-corrected chi connectivity index (χ3v) is 4.18. The van der Waals surface area contributed by atoms with Gasteiger partial charge in [0.15, 0.2) is 23.9 Å². The van der Waals surface area contributed by atoms with Crippen molar-refractivity contribution in [3.05, 3.63) is 11.6 Å². The van der Waals surface area contributed by atoms with Gasteiger partial charge in [-0.3, -0.25) is 4.57 Å². The molecule has 3 rings (SSSR count). The minimum absolute atomic E-state index is 0.0591. The summed E-state index contributed by atoms with van der Waals surface area (Å²) in [5, 5.41) is 9.73. The second kappa shape index (κ2) is 5.20. The van der Waals surface area contributed by atoms with E-state index in [1.54, 1.807) is 0 Å². The highest BCUT2D eigenvalue weighted by atomic mass is 127. The minimum atomic E-state index is -1.58. The average molecular weight is 414 g/mol. The molecule has 4 atom stereocenters. The molecule has 3 N–H and O–H groups in total. The zero-order valence-corrected chi connectivity index (χ0v) is 12.9. The average Bonchev–Trinajstić information content (AvgIpc) is 2.93. The normalized spacial score (nSPS) is 30.2. The lowest BCUT2D eigenvalue weighted by atomic mass is 10.2. The van der Waals surface area contributed by atoms with Crippen molar-refractivity contribution < 1.29 is 14.2 Å². The molecule has 2 unspecified atom stereocenters. The van der Waals surface area contributed by atoms with Crippen LogP contribution in [0.15, 0.2) is 6.33 Å². The predicted molar refractivity (Wildman–Crippen MR) is 78.4 cm³/mol. The number of hydrogen-bond acceptors (Lipinski definition) is 6. The molecule has 0 saturated carbocycles. The summed E-state index contributed by atoms with van der Waals surface area (Å²) in [6.45, 7) is 0. The van der Waals surface area contributed by atoms with Gasteiger partial charge in [0, 0.05) is 4.43 Å². The van der Waals surface area contributed by atoms with Gasteiger partial charge in [0.1, 0.15) is 11.6 Å². The Morgan fingerprint density at radius 3 is 2.95 bits per heavy atom. The fourth-order valence-corrected chi connectivity index (χ4v) is 3.05. The number of alkyl halides is 2. The summed E-state index contributed by atoms with van der Waals surface area (Å²) in [6.07, 6.45) is -3.01. The summed E-state index contributed by atoms with van der Waals surface area (Å²) in [5.74, 6) is 0.109. The van der Waals surface area contributed by atoms with Crippen molar-refractivity contribution in [1.82, 2.24) is 19.5 Å². The van der Waals surface area contributed by atoms with Crippen LogP contribution in [0.4, 0.5) is 10.2 Å². The van der Waals surface area contributed by atoms with Gasteiger partial charge in [-0.25, -0.2) is 9.37 Å². The predicted octanol–water partition coefficient (Wildman–Crippen LogP) is 1.09. The van der Waals surface area contributed by atoms with Crippen molar-refractivity contribution in [3.63, 3.8) is 0 Å². The number of nitrogens with zero attached hydrogens (tertiary/aromatic N) is 4. The Hall–Kier alpha value is -0.780. The van der Waals surface area contributed by atoms with Crippen molar-refractivity contribution >= 4 is 51.2 Å². The van der Waals surface area contributed by atoms with E-state index in [1.807, 2.05) is 22.6 Å². The van der Waals surface area contributed by atoms with Crippen LogP contribution in [0, 0.1) is 0 Å². The summed E-state index contributed by atoms with van der Waals surface area (Å²) >= 11 is 7.78. The highest BCUT2D eigenvalue weighted by Gasteiger charge is 2.45. The summed E-state index contributed by atoms with van der Waals surface area (Å²) in [4.78, 5) is 11.8. The maximum Gasteiger partial charge on any atom is 0.226 e. The van der Waals surface area contributed by atoms with Crippen molar-refractivity contribution in [2.24, 2.45) is 0 Å². The Morgan fingerprint density at radius 2 is 2.30 bits per heavy atom. The SMILES string of the molecule is Nc1nc(Cl)nc2c1ncn2[C@@H]1O[C@H](CI)C(O)C1F. The Balaban J connectivity index is 2.07. The Labute approximate surface area is 131 Å². The minimum Gasteiger partial charge on any atom is -0.387 e. The second-order valence-electron chi connectivity index (χ2n) is 4.36. The quantitative estimate of drug-likeness (QED) is 0.434. The van der Waals surface area contributed by atoms with Gasteiger partial charge in [-0.05, 0) is 11.6 Å². The molecule has 0 bridgehead atoms. The lowest BCUT2D eigenvalue weighted by Gasteiger charge is -2.15. The first kappa shape index (κ1) is 14.2. The van der Waals surface area contributed by atoms with Crippen molar-refractivity contribution in [2.75, 3.05) is 10.2 Å². The van der Waals surface area contributed by atoms with E-state index < -0.39 is 24.6 Å². The molecule has 0 radical (unpaired) electrons. The summed E-state index contributed by atoms with van der Waals surface area (Å²) in [7, 11) is 0. The molecule has 2 aromatic rings. The van der Waals surface area contributed by atoms with Crippen LogP contribution in [0.25, 0.3) is 11.2 Å². The third kappa shape index (κ3) is 2.12. The van der Waals surface area contributed by atoms with Gasteiger partial charge in [-0.15, -0.1) is 0 Å². The monoisotopic (exact) mass is 413 g/mol. The van der Waals surface area contributed by atoms with Gasteiger partial charge in [-0.2, -0.15) is 9.97 Å². The molecular weight excluding hydrogens is 403 g/mol. The second-order valence-corrected chi connectivity index (χ2v) is 5.58. The molecule has 7 nitrogen and oxygen atoms in total.